The second kappa shape index (κ2) is 9.77. The van der Waals surface area contributed by atoms with Gasteiger partial charge in [0.05, 0.1) is 30.0 Å². The Hall–Kier alpha value is -3.89. The zero-order valence-corrected chi connectivity index (χ0v) is 19.3. The number of piperidine rings is 1. The average molecular weight is 482 g/mol. The number of carbonyl (C=O) groups is 1. The van der Waals surface area contributed by atoms with Crippen LogP contribution in [0.2, 0.25) is 0 Å². The molecule has 1 aliphatic rings. The van der Waals surface area contributed by atoms with Crippen molar-refractivity contribution < 1.29 is 18.3 Å². The average Bonchev–Trinajstić information content (AvgIpc) is 3.55. The minimum atomic E-state index is -0.459. The zero-order chi connectivity index (χ0) is 24.4. The highest BCUT2D eigenvalue weighted by molar-refractivity contribution is 5.83. The van der Waals surface area contributed by atoms with Gasteiger partial charge in [-0.15, -0.1) is 5.10 Å². The molecular formula is C24H25F2N7O2. The smallest absolute Gasteiger partial charge is 0.409 e. The molecule has 4 aromatic rings. The Morgan fingerprint density at radius 1 is 1.17 bits per heavy atom. The number of pyridine rings is 1. The van der Waals surface area contributed by atoms with Crippen molar-refractivity contribution in [1.29, 1.82) is 0 Å². The van der Waals surface area contributed by atoms with Gasteiger partial charge in [0.2, 0.25) is 0 Å². The number of aromatic nitrogens is 6. The zero-order valence-electron chi connectivity index (χ0n) is 19.3. The molecule has 1 amide bonds. The maximum Gasteiger partial charge on any atom is 0.409 e. The van der Waals surface area contributed by atoms with E-state index in [-0.39, 0.29) is 24.2 Å². The van der Waals surface area contributed by atoms with Crippen LogP contribution >= 0.6 is 0 Å². The van der Waals surface area contributed by atoms with Crippen LogP contribution in [0.5, 0.6) is 0 Å². The summed E-state index contributed by atoms with van der Waals surface area (Å²) >= 11 is 0. The van der Waals surface area contributed by atoms with Crippen molar-refractivity contribution in [1.82, 2.24) is 34.7 Å². The number of fused-ring (bicyclic) bond motifs is 1. The van der Waals surface area contributed by atoms with Gasteiger partial charge in [-0.05, 0) is 59.4 Å². The van der Waals surface area contributed by atoms with Crippen LogP contribution in [0.4, 0.5) is 13.6 Å². The summed E-state index contributed by atoms with van der Waals surface area (Å²) in [5, 5.41) is 11.6. The van der Waals surface area contributed by atoms with Crippen molar-refractivity contribution in [2.24, 2.45) is 0 Å². The first-order valence-electron chi connectivity index (χ1n) is 11.6. The number of amides is 1. The van der Waals surface area contributed by atoms with Crippen molar-refractivity contribution in [2.75, 3.05) is 19.7 Å². The summed E-state index contributed by atoms with van der Waals surface area (Å²) < 4.78 is 38.2. The first-order valence-corrected chi connectivity index (χ1v) is 11.6. The molecule has 0 unspecified atom stereocenters. The van der Waals surface area contributed by atoms with Crippen molar-refractivity contribution in [3.8, 4) is 5.69 Å². The van der Waals surface area contributed by atoms with E-state index in [0.29, 0.717) is 36.3 Å². The lowest BCUT2D eigenvalue weighted by atomic mass is 9.90. The molecule has 9 nitrogen and oxygen atoms in total. The highest BCUT2D eigenvalue weighted by Gasteiger charge is 2.25. The molecule has 0 bridgehead atoms. The lowest BCUT2D eigenvalue weighted by molar-refractivity contribution is 0.0927. The molecule has 1 fully saturated rings. The number of halogens is 2. The molecule has 0 N–H and O–H groups in total. The topological polar surface area (TPSA) is 91.0 Å². The van der Waals surface area contributed by atoms with Crippen LogP contribution in [0.25, 0.3) is 16.6 Å². The summed E-state index contributed by atoms with van der Waals surface area (Å²) in [6, 6.07) is 6.38. The van der Waals surface area contributed by atoms with E-state index in [1.54, 1.807) is 34.0 Å². The van der Waals surface area contributed by atoms with Crippen LogP contribution < -0.4 is 0 Å². The third-order valence-corrected chi connectivity index (χ3v) is 6.33. The fourth-order valence-corrected chi connectivity index (χ4v) is 4.48. The number of rotatable bonds is 6. The predicted molar refractivity (Wildman–Crippen MR) is 123 cm³/mol. The third-order valence-electron chi connectivity index (χ3n) is 6.33. The molecule has 0 saturated carbocycles. The second-order valence-corrected chi connectivity index (χ2v) is 8.64. The quantitative estimate of drug-likeness (QED) is 0.413. The number of ether oxygens (including phenoxy) is 1. The lowest BCUT2D eigenvalue weighted by Gasteiger charge is -2.31. The predicted octanol–water partition coefficient (Wildman–Crippen LogP) is 4.06. The number of likely N-dealkylation sites (tertiary alicyclic amines) is 1. The van der Waals surface area contributed by atoms with Gasteiger partial charge in [0.15, 0.2) is 0 Å². The molecule has 182 valence electrons. The number of tetrazole rings is 1. The monoisotopic (exact) mass is 481 g/mol. The molecule has 4 heterocycles. The van der Waals surface area contributed by atoms with Crippen molar-refractivity contribution in [2.45, 2.75) is 38.6 Å². The van der Waals surface area contributed by atoms with Gasteiger partial charge in [0.1, 0.15) is 18.0 Å². The van der Waals surface area contributed by atoms with E-state index < -0.39 is 11.6 Å². The molecule has 1 aromatic carbocycles. The van der Waals surface area contributed by atoms with Crippen LogP contribution in [0.15, 0.2) is 43.0 Å². The van der Waals surface area contributed by atoms with Crippen molar-refractivity contribution in [3.63, 3.8) is 0 Å². The van der Waals surface area contributed by atoms with E-state index in [2.05, 4.69) is 20.5 Å². The second-order valence-electron chi connectivity index (χ2n) is 8.64. The molecule has 11 heteroatoms. The number of hydrogen-bond acceptors (Lipinski definition) is 6. The highest BCUT2D eigenvalue weighted by atomic mass is 19.1. The fourth-order valence-electron chi connectivity index (χ4n) is 4.48. The largest absolute Gasteiger partial charge is 0.449 e. The number of hydrogen-bond donors (Lipinski definition) is 0. The van der Waals surface area contributed by atoms with Gasteiger partial charge in [-0.25, -0.2) is 18.3 Å². The third kappa shape index (κ3) is 4.71. The van der Waals surface area contributed by atoms with E-state index in [1.807, 2.05) is 6.92 Å². The van der Waals surface area contributed by atoms with Crippen LogP contribution in [0, 0.1) is 11.6 Å². The fraction of sp³-hybridized carbons (Fsp3) is 0.375. The molecule has 1 aliphatic heterocycles. The van der Waals surface area contributed by atoms with Crippen LogP contribution in [0.1, 0.15) is 43.4 Å². The van der Waals surface area contributed by atoms with Gasteiger partial charge in [0.25, 0.3) is 0 Å². The molecular weight excluding hydrogens is 456 g/mol. The van der Waals surface area contributed by atoms with Crippen molar-refractivity contribution >= 4 is 17.0 Å². The summed E-state index contributed by atoms with van der Waals surface area (Å²) in [5.74, 6) is -0.769. The standard InChI is InChI=1S/C24H25F2N7O2/c1-2-9-35-24(34)31-6-3-16(4-7-31)18-11-20(25)22(27-13-18)14-32-8-5-17-10-19(12-21(26)23(17)32)33-15-28-29-30-33/h5,8,10-13,15-16H,2-4,6-7,9,14H2,1H3. The van der Waals surface area contributed by atoms with E-state index >= 15 is 4.39 Å². The Labute approximate surface area is 200 Å². The first kappa shape index (κ1) is 22.9. The maximum atomic E-state index is 15.0. The molecule has 0 aliphatic carbocycles. The highest BCUT2D eigenvalue weighted by Crippen LogP contribution is 2.29. The number of benzene rings is 1. The van der Waals surface area contributed by atoms with E-state index in [4.69, 9.17) is 4.74 Å². The van der Waals surface area contributed by atoms with Crippen LogP contribution in [0.3, 0.4) is 0 Å². The molecule has 0 spiro atoms. The first-order chi connectivity index (χ1) is 17.0. The molecule has 5 rings (SSSR count). The molecule has 0 atom stereocenters. The Morgan fingerprint density at radius 3 is 2.71 bits per heavy atom. The number of nitrogens with zero attached hydrogens (tertiary/aromatic N) is 7. The van der Waals surface area contributed by atoms with Gasteiger partial charge in [-0.3, -0.25) is 4.98 Å². The summed E-state index contributed by atoms with van der Waals surface area (Å²) in [6.07, 6.45) is 6.72. The minimum Gasteiger partial charge on any atom is -0.449 e. The normalized spacial score (nSPS) is 14.5. The Kier molecular flexibility index (Phi) is 6.39. The van der Waals surface area contributed by atoms with Crippen molar-refractivity contribution in [3.05, 3.63) is 65.9 Å². The molecule has 35 heavy (non-hydrogen) atoms. The van der Waals surface area contributed by atoms with Gasteiger partial charge < -0.3 is 14.2 Å². The SMILES string of the molecule is CCCOC(=O)N1CCC(c2cnc(Cn3ccc4cc(-n5cnnn5)cc(F)c43)c(F)c2)CC1. The summed E-state index contributed by atoms with van der Waals surface area (Å²) in [4.78, 5) is 18.1. The van der Waals surface area contributed by atoms with E-state index in [1.165, 1.54) is 23.1 Å². The Balaban J connectivity index is 1.29. The van der Waals surface area contributed by atoms with Crippen LogP contribution in [-0.4, -0.2) is 60.4 Å². The summed E-state index contributed by atoms with van der Waals surface area (Å²) in [5.41, 5.74) is 1.89. The van der Waals surface area contributed by atoms with Crippen LogP contribution in [-0.2, 0) is 11.3 Å². The number of carbonyl (C=O) groups excluding carboxylic acids is 1. The molecule has 3 aromatic heterocycles. The van der Waals surface area contributed by atoms with Gasteiger partial charge in [-0.2, -0.15) is 0 Å². The Morgan fingerprint density at radius 2 is 2.00 bits per heavy atom. The maximum absolute atomic E-state index is 15.0. The minimum absolute atomic E-state index is 0.0957. The summed E-state index contributed by atoms with van der Waals surface area (Å²) in [7, 11) is 0. The van der Waals surface area contributed by atoms with E-state index in [9.17, 15) is 9.18 Å². The van der Waals surface area contributed by atoms with Gasteiger partial charge in [0, 0.05) is 36.9 Å². The van der Waals surface area contributed by atoms with E-state index in [0.717, 1.165) is 24.8 Å². The van der Waals surface area contributed by atoms with Gasteiger partial charge >= 0.3 is 6.09 Å². The Bertz CT molecular complexity index is 1330. The molecule has 1 saturated heterocycles. The molecule has 0 radical (unpaired) electrons. The lowest BCUT2D eigenvalue weighted by Crippen LogP contribution is -2.38. The summed E-state index contributed by atoms with van der Waals surface area (Å²) in [6.45, 7) is 3.60. The van der Waals surface area contributed by atoms with Gasteiger partial charge in [-0.1, -0.05) is 6.92 Å².